The van der Waals surface area contributed by atoms with Gasteiger partial charge in [-0.05, 0) is 61.7 Å². The number of methoxy groups -OCH3 is 1. The minimum absolute atomic E-state index is 0.174. The van der Waals surface area contributed by atoms with Gasteiger partial charge in [0.05, 0.1) is 18.9 Å². The fourth-order valence-corrected chi connectivity index (χ4v) is 4.13. The number of allylic oxidation sites excluding steroid dienone is 1. The molecule has 0 saturated heterocycles. The van der Waals surface area contributed by atoms with Crippen LogP contribution in [0.5, 0.6) is 5.75 Å². The molecular weight excluding hydrogens is 474 g/mol. The van der Waals surface area contributed by atoms with Crippen molar-refractivity contribution in [2.45, 2.75) is 26.9 Å². The van der Waals surface area contributed by atoms with Crippen molar-refractivity contribution >= 4 is 28.1 Å². The first-order chi connectivity index (χ1) is 17.0. The van der Waals surface area contributed by atoms with Crippen LogP contribution in [0.1, 0.15) is 29.2 Å². The molecule has 0 atom stereocenters. The van der Waals surface area contributed by atoms with Gasteiger partial charge >= 0.3 is 6.18 Å². The Kier molecular flexibility index (Phi) is 6.63. The molecule has 0 fully saturated rings. The molecule has 4 aromatic rings. The lowest BCUT2D eigenvalue weighted by Crippen LogP contribution is -2.12. The van der Waals surface area contributed by atoms with Gasteiger partial charge in [-0.15, -0.1) is 0 Å². The van der Waals surface area contributed by atoms with Gasteiger partial charge in [-0.2, -0.15) is 13.2 Å². The number of amides is 1. The predicted molar refractivity (Wildman–Crippen MR) is 131 cm³/mol. The summed E-state index contributed by atoms with van der Waals surface area (Å²) in [5.74, 6) is -1.62. The summed E-state index contributed by atoms with van der Waals surface area (Å²) in [4.78, 5) is 12.6. The molecule has 0 radical (unpaired) electrons. The van der Waals surface area contributed by atoms with Crippen LogP contribution in [0.2, 0.25) is 0 Å². The van der Waals surface area contributed by atoms with E-state index < -0.39 is 23.5 Å². The molecule has 0 unspecified atom stereocenters. The number of carbonyl (C=O) groups excluding carboxylic acids is 1. The summed E-state index contributed by atoms with van der Waals surface area (Å²) in [6, 6.07) is 12.0. The van der Waals surface area contributed by atoms with Crippen LogP contribution in [-0.2, 0) is 11.0 Å². The van der Waals surface area contributed by atoms with E-state index in [9.17, 15) is 22.4 Å². The van der Waals surface area contributed by atoms with Gasteiger partial charge in [0.15, 0.2) is 0 Å². The summed E-state index contributed by atoms with van der Waals surface area (Å²) in [5.41, 5.74) is 4.22. The number of carbonyl (C=O) groups is 1. The third-order valence-corrected chi connectivity index (χ3v) is 5.88. The number of furan rings is 1. The normalized spacial score (nSPS) is 12.2. The Bertz CT molecular complexity index is 1500. The standard InChI is InChI=1S/C28H23F4NO3/c1-15-5-7-19(16(2)9-15)22-14-36-26-13-25(35-4)20(12-21(22)26)17(3)10-27(34)33-18-6-8-24(29)23(11-18)28(30,31)32/h5-14H,1-4H3,(H,33,34)/b17-10+. The molecule has 36 heavy (non-hydrogen) atoms. The third-order valence-electron chi connectivity index (χ3n) is 5.88. The minimum Gasteiger partial charge on any atom is -0.496 e. The highest BCUT2D eigenvalue weighted by Crippen LogP contribution is 2.38. The lowest BCUT2D eigenvalue weighted by molar-refractivity contribution is -0.140. The highest BCUT2D eigenvalue weighted by Gasteiger charge is 2.34. The summed E-state index contributed by atoms with van der Waals surface area (Å²) in [6.45, 7) is 5.72. The zero-order chi connectivity index (χ0) is 26.2. The second kappa shape index (κ2) is 9.53. The first-order valence-corrected chi connectivity index (χ1v) is 11.0. The topological polar surface area (TPSA) is 51.5 Å². The third kappa shape index (κ3) is 4.98. The molecule has 186 valence electrons. The molecule has 4 rings (SSSR count). The number of alkyl halides is 3. The van der Waals surface area contributed by atoms with E-state index in [1.807, 2.05) is 32.0 Å². The molecule has 8 heteroatoms. The zero-order valence-corrected chi connectivity index (χ0v) is 20.0. The number of ether oxygens (including phenoxy) is 1. The fourth-order valence-electron chi connectivity index (χ4n) is 4.13. The van der Waals surface area contributed by atoms with Crippen LogP contribution in [-0.4, -0.2) is 13.0 Å². The molecule has 0 aliphatic rings. The predicted octanol–water partition coefficient (Wildman–Crippen LogP) is 7.93. The SMILES string of the molecule is COc1cc2occ(-c3ccc(C)cc3C)c2cc1/C(C)=C/C(=O)Nc1ccc(F)c(C(F)(F)F)c1. The van der Waals surface area contributed by atoms with Crippen molar-refractivity contribution < 1.29 is 31.5 Å². The summed E-state index contributed by atoms with van der Waals surface area (Å²) in [6.07, 6.45) is -1.96. The molecule has 4 nitrogen and oxygen atoms in total. The minimum atomic E-state index is -4.88. The van der Waals surface area contributed by atoms with Crippen molar-refractivity contribution in [3.63, 3.8) is 0 Å². The number of fused-ring (bicyclic) bond motifs is 1. The number of benzene rings is 3. The molecule has 3 aromatic carbocycles. The molecule has 0 aliphatic heterocycles. The maximum atomic E-state index is 13.6. The lowest BCUT2D eigenvalue weighted by Gasteiger charge is -2.12. The molecular formula is C28H23F4NO3. The van der Waals surface area contributed by atoms with E-state index in [4.69, 9.17) is 9.15 Å². The summed E-state index contributed by atoms with van der Waals surface area (Å²) < 4.78 is 63.8. The summed E-state index contributed by atoms with van der Waals surface area (Å²) in [7, 11) is 1.49. The molecule has 0 spiro atoms. The van der Waals surface area contributed by atoms with Crippen molar-refractivity contribution in [3.8, 4) is 16.9 Å². The Morgan fingerprint density at radius 3 is 2.44 bits per heavy atom. The Balaban J connectivity index is 1.70. The average Bonchev–Trinajstić information content (AvgIpc) is 3.21. The Morgan fingerprint density at radius 2 is 1.78 bits per heavy atom. The van der Waals surface area contributed by atoms with Crippen LogP contribution in [0.15, 0.2) is 65.3 Å². The fraction of sp³-hybridized carbons (Fsp3) is 0.179. The monoisotopic (exact) mass is 497 g/mol. The highest BCUT2D eigenvalue weighted by molar-refractivity contribution is 6.05. The Morgan fingerprint density at radius 1 is 1.03 bits per heavy atom. The summed E-state index contributed by atoms with van der Waals surface area (Å²) in [5, 5.41) is 3.18. The van der Waals surface area contributed by atoms with E-state index in [1.165, 1.54) is 13.2 Å². The number of halogens is 4. The Hall–Kier alpha value is -4.07. The number of nitrogens with one attached hydrogen (secondary N) is 1. The van der Waals surface area contributed by atoms with Crippen LogP contribution in [0.25, 0.3) is 27.7 Å². The quantitative estimate of drug-likeness (QED) is 0.225. The van der Waals surface area contributed by atoms with Crippen molar-refractivity contribution in [1.82, 2.24) is 0 Å². The smallest absolute Gasteiger partial charge is 0.419 e. The van der Waals surface area contributed by atoms with Gasteiger partial charge in [0, 0.05) is 34.3 Å². The lowest BCUT2D eigenvalue weighted by atomic mass is 9.96. The van der Waals surface area contributed by atoms with Gasteiger partial charge in [-0.3, -0.25) is 4.79 Å². The second-order valence-electron chi connectivity index (χ2n) is 8.53. The van der Waals surface area contributed by atoms with Crippen molar-refractivity contribution in [1.29, 1.82) is 0 Å². The highest BCUT2D eigenvalue weighted by atomic mass is 19.4. The van der Waals surface area contributed by atoms with E-state index in [-0.39, 0.29) is 5.69 Å². The van der Waals surface area contributed by atoms with Crippen LogP contribution in [0.4, 0.5) is 23.2 Å². The maximum Gasteiger partial charge on any atom is 0.419 e. The van der Waals surface area contributed by atoms with E-state index >= 15 is 0 Å². The van der Waals surface area contributed by atoms with E-state index in [0.717, 1.165) is 33.7 Å². The number of hydrogen-bond acceptors (Lipinski definition) is 3. The Labute approximate surface area is 205 Å². The van der Waals surface area contributed by atoms with Gasteiger partial charge in [0.1, 0.15) is 17.1 Å². The number of anilines is 1. The number of hydrogen-bond donors (Lipinski definition) is 1. The van der Waals surface area contributed by atoms with E-state index in [1.54, 1.807) is 19.3 Å². The van der Waals surface area contributed by atoms with E-state index in [0.29, 0.717) is 34.6 Å². The van der Waals surface area contributed by atoms with Gasteiger partial charge in [-0.1, -0.05) is 23.8 Å². The van der Waals surface area contributed by atoms with Gasteiger partial charge in [0.2, 0.25) is 5.91 Å². The van der Waals surface area contributed by atoms with Crippen LogP contribution in [0.3, 0.4) is 0 Å². The van der Waals surface area contributed by atoms with Crippen molar-refractivity contribution in [3.05, 3.63) is 88.9 Å². The largest absolute Gasteiger partial charge is 0.496 e. The van der Waals surface area contributed by atoms with Crippen LogP contribution < -0.4 is 10.1 Å². The second-order valence-corrected chi connectivity index (χ2v) is 8.53. The van der Waals surface area contributed by atoms with Crippen molar-refractivity contribution in [2.24, 2.45) is 0 Å². The molecule has 1 amide bonds. The van der Waals surface area contributed by atoms with Crippen molar-refractivity contribution in [2.75, 3.05) is 12.4 Å². The molecule has 1 heterocycles. The van der Waals surface area contributed by atoms with Gasteiger partial charge in [0.25, 0.3) is 0 Å². The molecule has 1 aromatic heterocycles. The average molecular weight is 497 g/mol. The number of aryl methyl sites for hydroxylation is 2. The molecule has 0 bridgehead atoms. The van der Waals surface area contributed by atoms with Gasteiger partial charge in [-0.25, -0.2) is 4.39 Å². The molecule has 0 saturated carbocycles. The first kappa shape index (κ1) is 25.0. The van der Waals surface area contributed by atoms with Crippen LogP contribution >= 0.6 is 0 Å². The van der Waals surface area contributed by atoms with Gasteiger partial charge < -0.3 is 14.5 Å². The molecule has 1 N–H and O–H groups in total. The molecule has 0 aliphatic carbocycles. The zero-order valence-electron chi connectivity index (χ0n) is 20.0. The van der Waals surface area contributed by atoms with E-state index in [2.05, 4.69) is 11.4 Å². The number of rotatable bonds is 5. The first-order valence-electron chi connectivity index (χ1n) is 11.0. The maximum absolute atomic E-state index is 13.6. The summed E-state index contributed by atoms with van der Waals surface area (Å²) >= 11 is 0. The van der Waals surface area contributed by atoms with Crippen LogP contribution in [0, 0.1) is 19.7 Å².